The van der Waals surface area contributed by atoms with Gasteiger partial charge in [-0.3, -0.25) is 4.79 Å². The monoisotopic (exact) mass is 361 g/mol. The lowest BCUT2D eigenvalue weighted by molar-refractivity contribution is 0.0951. The second-order valence-corrected chi connectivity index (χ2v) is 6.26. The van der Waals surface area contributed by atoms with Crippen LogP contribution in [0.5, 0.6) is 11.5 Å². The lowest BCUT2D eigenvalue weighted by Gasteiger charge is -2.10. The fourth-order valence-corrected chi connectivity index (χ4v) is 2.75. The summed E-state index contributed by atoms with van der Waals surface area (Å²) in [4.78, 5) is 16.2. The van der Waals surface area contributed by atoms with E-state index < -0.39 is 0 Å². The highest BCUT2D eigenvalue weighted by molar-refractivity contribution is 5.98. The second kappa shape index (κ2) is 8.85. The Morgan fingerprint density at radius 2 is 1.85 bits per heavy atom. The van der Waals surface area contributed by atoms with E-state index in [0.717, 1.165) is 29.9 Å². The molecule has 2 aromatic carbocycles. The number of carbonyl (C=O) groups is 1. The van der Waals surface area contributed by atoms with Crippen LogP contribution in [-0.4, -0.2) is 10.9 Å². The van der Waals surface area contributed by atoms with Crippen LogP contribution in [0.15, 0.2) is 66.9 Å². The van der Waals surface area contributed by atoms with Gasteiger partial charge in [0.05, 0.1) is 5.56 Å². The highest BCUT2D eigenvalue weighted by Crippen LogP contribution is 2.23. The number of nitrogens with zero attached hydrogens (tertiary/aromatic N) is 1. The molecule has 0 fully saturated rings. The number of pyridine rings is 1. The summed E-state index contributed by atoms with van der Waals surface area (Å²) in [5.74, 6) is 1.49. The highest BCUT2D eigenvalue weighted by Gasteiger charge is 2.09. The predicted molar refractivity (Wildman–Crippen MR) is 107 cm³/mol. The van der Waals surface area contributed by atoms with Crippen molar-refractivity contribution in [2.45, 2.75) is 26.3 Å². The number of rotatable bonds is 7. The van der Waals surface area contributed by atoms with Crippen LogP contribution < -0.4 is 15.8 Å². The van der Waals surface area contributed by atoms with E-state index in [0.29, 0.717) is 12.1 Å². The number of aromatic nitrogens is 1. The molecule has 5 nitrogen and oxygen atoms in total. The summed E-state index contributed by atoms with van der Waals surface area (Å²) in [7, 11) is 0. The number of ether oxygens (including phenoxy) is 1. The molecule has 0 aliphatic rings. The maximum Gasteiger partial charge on any atom is 0.255 e. The van der Waals surface area contributed by atoms with Crippen LogP contribution in [0.4, 0.5) is 5.82 Å². The zero-order valence-electron chi connectivity index (χ0n) is 15.3. The molecule has 0 unspecified atom stereocenters. The van der Waals surface area contributed by atoms with Gasteiger partial charge in [0.2, 0.25) is 0 Å². The molecular formula is C22H23N3O2. The van der Waals surface area contributed by atoms with Crippen LogP contribution in [0.3, 0.4) is 0 Å². The third-order valence-corrected chi connectivity index (χ3v) is 4.13. The molecule has 0 aliphatic heterocycles. The van der Waals surface area contributed by atoms with Crippen LogP contribution in [0.1, 0.15) is 34.8 Å². The molecular weight excluding hydrogens is 338 g/mol. The van der Waals surface area contributed by atoms with Crippen LogP contribution >= 0.6 is 0 Å². The van der Waals surface area contributed by atoms with Gasteiger partial charge in [0.15, 0.2) is 0 Å². The minimum atomic E-state index is -0.251. The normalized spacial score (nSPS) is 10.4. The average Bonchev–Trinajstić information content (AvgIpc) is 2.68. The molecule has 3 N–H and O–H groups in total. The maximum atomic E-state index is 12.2. The molecule has 3 aromatic rings. The average molecular weight is 361 g/mol. The zero-order valence-corrected chi connectivity index (χ0v) is 15.3. The van der Waals surface area contributed by atoms with Gasteiger partial charge >= 0.3 is 0 Å². The SMILES string of the molecule is CCCc1ccc(Oc2cccc(CNC(=O)c3cccnc3N)c2)cc1. The number of benzene rings is 2. The Morgan fingerprint density at radius 1 is 1.04 bits per heavy atom. The van der Waals surface area contributed by atoms with Gasteiger partial charge in [-0.1, -0.05) is 37.6 Å². The van der Waals surface area contributed by atoms with Gasteiger partial charge in [0.1, 0.15) is 17.3 Å². The van der Waals surface area contributed by atoms with Crippen molar-refractivity contribution >= 4 is 11.7 Å². The second-order valence-electron chi connectivity index (χ2n) is 6.26. The molecule has 27 heavy (non-hydrogen) atoms. The summed E-state index contributed by atoms with van der Waals surface area (Å²) in [5, 5.41) is 2.85. The number of nitrogens with two attached hydrogens (primary N) is 1. The summed E-state index contributed by atoms with van der Waals surface area (Å²) in [5.41, 5.74) is 8.35. The fraction of sp³-hybridized carbons (Fsp3) is 0.182. The van der Waals surface area contributed by atoms with Crippen molar-refractivity contribution in [3.63, 3.8) is 0 Å². The Bertz CT molecular complexity index is 907. The number of hydrogen-bond donors (Lipinski definition) is 2. The van der Waals surface area contributed by atoms with E-state index in [2.05, 4.69) is 29.4 Å². The molecule has 1 heterocycles. The Morgan fingerprint density at radius 3 is 2.59 bits per heavy atom. The van der Waals surface area contributed by atoms with E-state index >= 15 is 0 Å². The number of aryl methyl sites for hydroxylation is 1. The number of nitrogens with one attached hydrogen (secondary N) is 1. The first-order valence-electron chi connectivity index (χ1n) is 9.00. The van der Waals surface area contributed by atoms with E-state index in [-0.39, 0.29) is 11.7 Å². The third-order valence-electron chi connectivity index (χ3n) is 4.13. The molecule has 0 bridgehead atoms. The maximum absolute atomic E-state index is 12.2. The number of hydrogen-bond acceptors (Lipinski definition) is 4. The first-order chi connectivity index (χ1) is 13.2. The van der Waals surface area contributed by atoms with E-state index in [4.69, 9.17) is 10.5 Å². The van der Waals surface area contributed by atoms with Crippen LogP contribution in [0.25, 0.3) is 0 Å². The van der Waals surface area contributed by atoms with Gasteiger partial charge < -0.3 is 15.8 Å². The Labute approximate surface area is 159 Å². The Balaban J connectivity index is 1.61. The first-order valence-corrected chi connectivity index (χ1v) is 9.00. The molecule has 0 saturated carbocycles. The molecule has 3 rings (SSSR count). The molecule has 5 heteroatoms. The van der Waals surface area contributed by atoms with Crippen LogP contribution in [-0.2, 0) is 13.0 Å². The standard InChI is InChI=1S/C22H23N3O2/c1-2-5-16-9-11-18(12-10-16)27-19-7-3-6-17(14-19)15-25-22(26)20-8-4-13-24-21(20)23/h3-4,6-14H,2,5,15H2,1H3,(H2,23,24)(H,25,26). The molecule has 0 saturated heterocycles. The summed E-state index contributed by atoms with van der Waals surface area (Å²) in [6, 6.07) is 19.1. The molecule has 138 valence electrons. The highest BCUT2D eigenvalue weighted by atomic mass is 16.5. The topological polar surface area (TPSA) is 77.2 Å². The van der Waals surface area contributed by atoms with Gasteiger partial charge in [-0.2, -0.15) is 0 Å². The fourth-order valence-electron chi connectivity index (χ4n) is 2.75. The van der Waals surface area contributed by atoms with Crippen LogP contribution in [0.2, 0.25) is 0 Å². The summed E-state index contributed by atoms with van der Waals surface area (Å²) in [6.07, 6.45) is 3.75. The summed E-state index contributed by atoms with van der Waals surface area (Å²) < 4.78 is 5.92. The molecule has 1 aromatic heterocycles. The molecule has 0 radical (unpaired) electrons. The van der Waals surface area contributed by atoms with Gasteiger partial charge in [-0.15, -0.1) is 0 Å². The number of anilines is 1. The van der Waals surface area contributed by atoms with Gasteiger partial charge in [0.25, 0.3) is 5.91 Å². The van der Waals surface area contributed by atoms with Crippen molar-refractivity contribution in [1.82, 2.24) is 10.3 Å². The van der Waals surface area contributed by atoms with Gasteiger partial charge in [0, 0.05) is 12.7 Å². The minimum absolute atomic E-state index is 0.221. The smallest absolute Gasteiger partial charge is 0.255 e. The third kappa shape index (κ3) is 5.07. The zero-order chi connectivity index (χ0) is 19.1. The van der Waals surface area contributed by atoms with Crippen molar-refractivity contribution in [3.05, 3.63) is 83.6 Å². The van der Waals surface area contributed by atoms with Crippen molar-refractivity contribution in [1.29, 1.82) is 0 Å². The molecule has 1 amide bonds. The lowest BCUT2D eigenvalue weighted by Crippen LogP contribution is -2.24. The Hall–Kier alpha value is -3.34. The lowest BCUT2D eigenvalue weighted by atomic mass is 10.1. The Kier molecular flexibility index (Phi) is 6.05. The molecule has 0 spiro atoms. The van der Waals surface area contributed by atoms with E-state index in [9.17, 15) is 4.79 Å². The quantitative estimate of drug-likeness (QED) is 0.656. The number of nitrogen functional groups attached to an aromatic ring is 1. The van der Waals surface area contributed by atoms with Gasteiger partial charge in [-0.25, -0.2) is 4.98 Å². The predicted octanol–water partition coefficient (Wildman–Crippen LogP) is 4.34. The van der Waals surface area contributed by atoms with Crippen molar-refractivity contribution < 1.29 is 9.53 Å². The molecule has 0 aliphatic carbocycles. The van der Waals surface area contributed by atoms with Gasteiger partial charge in [-0.05, 0) is 53.9 Å². The van der Waals surface area contributed by atoms with Crippen LogP contribution in [0, 0.1) is 0 Å². The number of amides is 1. The summed E-state index contributed by atoms with van der Waals surface area (Å²) >= 11 is 0. The van der Waals surface area contributed by atoms with Crippen molar-refractivity contribution in [3.8, 4) is 11.5 Å². The van der Waals surface area contributed by atoms with Crippen molar-refractivity contribution in [2.24, 2.45) is 0 Å². The van der Waals surface area contributed by atoms with Crippen molar-refractivity contribution in [2.75, 3.05) is 5.73 Å². The minimum Gasteiger partial charge on any atom is -0.457 e. The first kappa shape index (κ1) is 18.5. The van der Waals surface area contributed by atoms with E-state index in [1.165, 1.54) is 5.56 Å². The molecule has 0 atom stereocenters. The number of carbonyl (C=O) groups excluding carboxylic acids is 1. The van der Waals surface area contributed by atoms with E-state index in [1.54, 1.807) is 18.3 Å². The van der Waals surface area contributed by atoms with E-state index in [1.807, 2.05) is 36.4 Å². The largest absolute Gasteiger partial charge is 0.457 e. The summed E-state index contributed by atoms with van der Waals surface area (Å²) in [6.45, 7) is 2.54.